The highest BCUT2D eigenvalue weighted by Crippen LogP contribution is 2.27. The average molecular weight is 360 g/mol. The molecule has 23 heavy (non-hydrogen) atoms. The van der Waals surface area contributed by atoms with Crippen molar-refractivity contribution in [2.75, 3.05) is 11.3 Å². The van der Waals surface area contributed by atoms with Crippen molar-refractivity contribution in [2.45, 2.75) is 18.4 Å². The molecule has 2 aromatic rings. The van der Waals surface area contributed by atoms with Gasteiger partial charge in [-0.25, -0.2) is 12.8 Å². The average Bonchev–Trinajstić information content (AvgIpc) is 2.48. The second-order valence-corrected chi connectivity index (χ2v) is 6.65. The Morgan fingerprint density at radius 2 is 2.00 bits per heavy atom. The van der Waals surface area contributed by atoms with E-state index in [9.17, 15) is 17.9 Å². The van der Waals surface area contributed by atoms with Gasteiger partial charge in [0.1, 0.15) is 16.5 Å². The zero-order valence-electron chi connectivity index (χ0n) is 12.2. The third-order valence-corrected chi connectivity index (χ3v) is 4.83. The van der Waals surface area contributed by atoms with E-state index in [-0.39, 0.29) is 22.2 Å². The van der Waals surface area contributed by atoms with Crippen LogP contribution in [0.2, 0.25) is 5.02 Å². The maximum absolute atomic E-state index is 13.0. The van der Waals surface area contributed by atoms with Crippen LogP contribution in [0.5, 0.6) is 5.75 Å². The van der Waals surface area contributed by atoms with Gasteiger partial charge in [0.15, 0.2) is 0 Å². The van der Waals surface area contributed by atoms with Gasteiger partial charge in [0, 0.05) is 11.3 Å². The van der Waals surface area contributed by atoms with Crippen LogP contribution in [0.3, 0.4) is 0 Å². The van der Waals surface area contributed by atoms with E-state index in [0.717, 1.165) is 18.2 Å². The topological polar surface area (TPSA) is 75.6 Å². The lowest BCUT2D eigenvalue weighted by molar-refractivity contribution is 0.267. The van der Waals surface area contributed by atoms with E-state index in [1.54, 1.807) is 13.0 Å². The van der Waals surface area contributed by atoms with Crippen molar-refractivity contribution in [3.05, 3.63) is 52.8 Å². The number of anilines is 1. The van der Waals surface area contributed by atoms with E-state index in [1.165, 1.54) is 12.1 Å². The normalized spacial score (nSPS) is 11.3. The Hall–Kier alpha value is -1.83. The van der Waals surface area contributed by atoms with E-state index in [4.69, 9.17) is 16.3 Å². The van der Waals surface area contributed by atoms with Gasteiger partial charge in [0.2, 0.25) is 0 Å². The fourth-order valence-electron chi connectivity index (χ4n) is 1.97. The number of rotatable bonds is 6. The van der Waals surface area contributed by atoms with E-state index >= 15 is 0 Å². The Bertz CT molecular complexity index is 811. The summed E-state index contributed by atoms with van der Waals surface area (Å²) in [6, 6.07) is 7.53. The highest BCUT2D eigenvalue weighted by atomic mass is 35.5. The zero-order valence-corrected chi connectivity index (χ0v) is 13.8. The number of hydrogen-bond donors (Lipinski definition) is 2. The molecule has 0 aliphatic carbocycles. The predicted octanol–water partition coefficient (Wildman–Crippen LogP) is 3.17. The third kappa shape index (κ3) is 4.13. The molecule has 0 aliphatic rings. The van der Waals surface area contributed by atoms with Gasteiger partial charge in [0.05, 0.1) is 18.2 Å². The van der Waals surface area contributed by atoms with Gasteiger partial charge in [-0.1, -0.05) is 11.6 Å². The lowest BCUT2D eigenvalue weighted by Gasteiger charge is -2.13. The predicted molar refractivity (Wildman–Crippen MR) is 85.8 cm³/mol. The second kappa shape index (κ2) is 7.16. The van der Waals surface area contributed by atoms with Crippen molar-refractivity contribution >= 4 is 27.3 Å². The van der Waals surface area contributed by atoms with Gasteiger partial charge in [-0.2, -0.15) is 0 Å². The lowest BCUT2D eigenvalue weighted by Crippen LogP contribution is -2.14. The Morgan fingerprint density at radius 1 is 1.26 bits per heavy atom. The summed E-state index contributed by atoms with van der Waals surface area (Å²) in [5.74, 6) is -0.157. The van der Waals surface area contributed by atoms with Gasteiger partial charge in [-0.3, -0.25) is 4.72 Å². The maximum atomic E-state index is 13.0. The Kier molecular flexibility index (Phi) is 5.46. The molecule has 0 atom stereocenters. The molecule has 8 heteroatoms. The second-order valence-electron chi connectivity index (χ2n) is 4.59. The van der Waals surface area contributed by atoms with E-state index in [0.29, 0.717) is 17.9 Å². The summed E-state index contributed by atoms with van der Waals surface area (Å²) in [5.41, 5.74) is 0.676. The number of nitrogens with one attached hydrogen (secondary N) is 1. The molecule has 0 saturated carbocycles. The number of hydrogen-bond acceptors (Lipinski definition) is 4. The number of benzene rings is 2. The lowest BCUT2D eigenvalue weighted by atomic mass is 10.2. The van der Waals surface area contributed by atoms with Gasteiger partial charge in [-0.15, -0.1) is 0 Å². The number of halogens is 2. The number of aliphatic hydroxyl groups is 1. The van der Waals surface area contributed by atoms with Crippen LogP contribution in [0.15, 0.2) is 41.3 Å². The van der Waals surface area contributed by atoms with Crippen LogP contribution in [-0.4, -0.2) is 20.1 Å². The molecule has 2 aromatic carbocycles. The number of ether oxygens (including phenoxy) is 1. The van der Waals surface area contributed by atoms with Gasteiger partial charge >= 0.3 is 0 Å². The van der Waals surface area contributed by atoms with E-state index < -0.39 is 15.8 Å². The first-order chi connectivity index (χ1) is 10.9. The van der Waals surface area contributed by atoms with Crippen LogP contribution < -0.4 is 9.46 Å². The summed E-state index contributed by atoms with van der Waals surface area (Å²) < 4.78 is 45.4. The summed E-state index contributed by atoms with van der Waals surface area (Å²) in [5, 5.41) is 9.12. The molecule has 0 fully saturated rings. The molecule has 0 unspecified atom stereocenters. The Labute approximate surface area is 138 Å². The van der Waals surface area contributed by atoms with Gasteiger partial charge in [-0.05, 0) is 43.3 Å². The molecule has 0 saturated heterocycles. The van der Waals surface area contributed by atoms with Crippen LogP contribution >= 0.6 is 11.6 Å². The summed E-state index contributed by atoms with van der Waals surface area (Å²) in [7, 11) is -3.98. The Balaban J connectivity index is 2.33. The minimum atomic E-state index is -3.98. The molecule has 5 nitrogen and oxygen atoms in total. The molecular weight excluding hydrogens is 345 g/mol. The number of sulfonamides is 1. The van der Waals surface area contributed by atoms with E-state index in [2.05, 4.69) is 4.72 Å². The minimum absolute atomic E-state index is 0.217. The summed E-state index contributed by atoms with van der Waals surface area (Å²) >= 11 is 5.79. The summed E-state index contributed by atoms with van der Waals surface area (Å²) in [4.78, 5) is -0.236. The van der Waals surface area contributed by atoms with Crippen LogP contribution in [0, 0.1) is 5.82 Å². The molecule has 2 rings (SSSR count). The molecular formula is C15H15ClFNO4S. The molecule has 0 heterocycles. The molecule has 0 amide bonds. The number of aliphatic hydroxyl groups excluding tert-OH is 1. The zero-order chi connectivity index (χ0) is 17.0. The van der Waals surface area contributed by atoms with Crippen molar-refractivity contribution in [3.63, 3.8) is 0 Å². The van der Waals surface area contributed by atoms with Gasteiger partial charge < -0.3 is 9.84 Å². The molecule has 0 bridgehead atoms. The first kappa shape index (κ1) is 17.5. The largest absolute Gasteiger partial charge is 0.494 e. The first-order valence-corrected chi connectivity index (χ1v) is 8.58. The molecule has 0 aliphatic heterocycles. The third-order valence-electron chi connectivity index (χ3n) is 2.97. The monoisotopic (exact) mass is 359 g/mol. The summed E-state index contributed by atoms with van der Waals surface area (Å²) in [6.07, 6.45) is 0. The minimum Gasteiger partial charge on any atom is -0.494 e. The van der Waals surface area contributed by atoms with Crippen molar-refractivity contribution in [3.8, 4) is 5.75 Å². The Morgan fingerprint density at radius 3 is 2.61 bits per heavy atom. The molecule has 0 radical (unpaired) electrons. The summed E-state index contributed by atoms with van der Waals surface area (Å²) in [6.45, 7) is 1.92. The first-order valence-electron chi connectivity index (χ1n) is 6.72. The molecule has 124 valence electrons. The smallest absolute Gasteiger partial charge is 0.263 e. The fraction of sp³-hybridized carbons (Fsp3) is 0.200. The van der Waals surface area contributed by atoms with Gasteiger partial charge in [0.25, 0.3) is 10.0 Å². The van der Waals surface area contributed by atoms with Crippen LogP contribution in [0.4, 0.5) is 10.1 Å². The molecule has 2 N–H and O–H groups in total. The highest BCUT2D eigenvalue weighted by Gasteiger charge is 2.19. The van der Waals surface area contributed by atoms with Crippen LogP contribution in [0.1, 0.15) is 12.5 Å². The quantitative estimate of drug-likeness (QED) is 0.830. The fourth-order valence-corrected chi connectivity index (χ4v) is 3.55. The molecule has 0 aromatic heterocycles. The standard InChI is InChI=1S/C15H15ClFNO4S/c1-2-22-14-5-4-12(7-10(14)9-19)18-23(20,21)15-6-3-11(17)8-13(15)16/h3-8,18-19H,2,9H2,1H3. The van der Waals surface area contributed by atoms with E-state index in [1.807, 2.05) is 0 Å². The van der Waals surface area contributed by atoms with Crippen LogP contribution in [0.25, 0.3) is 0 Å². The van der Waals surface area contributed by atoms with Crippen molar-refractivity contribution in [1.29, 1.82) is 0 Å². The molecule has 0 spiro atoms. The maximum Gasteiger partial charge on any atom is 0.263 e. The van der Waals surface area contributed by atoms with Crippen molar-refractivity contribution < 1.29 is 22.7 Å². The SMILES string of the molecule is CCOc1ccc(NS(=O)(=O)c2ccc(F)cc2Cl)cc1CO. The highest BCUT2D eigenvalue weighted by molar-refractivity contribution is 7.92. The van der Waals surface area contributed by atoms with Crippen LogP contribution in [-0.2, 0) is 16.6 Å². The van der Waals surface area contributed by atoms with Crippen molar-refractivity contribution in [1.82, 2.24) is 0 Å². The van der Waals surface area contributed by atoms with Crippen molar-refractivity contribution in [2.24, 2.45) is 0 Å².